The zero-order valence-electron chi connectivity index (χ0n) is 10.5. The van der Waals surface area contributed by atoms with Crippen molar-refractivity contribution in [3.05, 3.63) is 16.1 Å². The second-order valence-electron chi connectivity index (χ2n) is 5.56. The molecule has 0 spiro atoms. The SMILES string of the molecule is Cc1ncsc1CNCC1(CC(C)C)CC1. The molecular weight excluding hydrogens is 216 g/mol. The van der Waals surface area contributed by atoms with E-state index in [0.717, 1.165) is 12.5 Å². The fourth-order valence-electron chi connectivity index (χ4n) is 2.43. The minimum atomic E-state index is 0.632. The van der Waals surface area contributed by atoms with E-state index in [1.165, 1.54) is 36.4 Å². The first-order valence-electron chi connectivity index (χ1n) is 6.21. The Balaban J connectivity index is 1.74. The lowest BCUT2D eigenvalue weighted by atomic mass is 9.94. The highest BCUT2D eigenvalue weighted by atomic mass is 32.1. The number of hydrogen-bond acceptors (Lipinski definition) is 3. The van der Waals surface area contributed by atoms with Gasteiger partial charge in [0.2, 0.25) is 0 Å². The Bertz CT molecular complexity index is 339. The van der Waals surface area contributed by atoms with Gasteiger partial charge in [-0.05, 0) is 37.5 Å². The van der Waals surface area contributed by atoms with Crippen LogP contribution in [-0.4, -0.2) is 11.5 Å². The quantitative estimate of drug-likeness (QED) is 0.822. The van der Waals surface area contributed by atoms with Crippen molar-refractivity contribution in [2.45, 2.75) is 46.6 Å². The Hall–Kier alpha value is -0.410. The molecule has 0 amide bonds. The first-order chi connectivity index (χ1) is 7.61. The number of rotatable bonds is 6. The number of nitrogens with zero attached hydrogens (tertiary/aromatic N) is 1. The van der Waals surface area contributed by atoms with E-state index in [4.69, 9.17) is 0 Å². The van der Waals surface area contributed by atoms with Crippen LogP contribution in [0.15, 0.2) is 5.51 Å². The smallest absolute Gasteiger partial charge is 0.0798 e. The number of aryl methyl sites for hydroxylation is 1. The number of hydrogen-bond donors (Lipinski definition) is 1. The Kier molecular flexibility index (Phi) is 3.65. The van der Waals surface area contributed by atoms with E-state index in [1.54, 1.807) is 11.3 Å². The van der Waals surface area contributed by atoms with Crippen LogP contribution in [0.2, 0.25) is 0 Å². The standard InChI is InChI=1S/C13H22N2S/c1-10(2)6-13(4-5-13)8-14-7-12-11(3)15-9-16-12/h9-10,14H,4-8H2,1-3H3. The maximum atomic E-state index is 4.27. The fraction of sp³-hybridized carbons (Fsp3) is 0.769. The summed E-state index contributed by atoms with van der Waals surface area (Å²) in [5.41, 5.74) is 3.76. The highest BCUT2D eigenvalue weighted by molar-refractivity contribution is 7.09. The van der Waals surface area contributed by atoms with E-state index in [2.05, 4.69) is 31.1 Å². The monoisotopic (exact) mass is 238 g/mol. The van der Waals surface area contributed by atoms with Gasteiger partial charge in [0.15, 0.2) is 0 Å². The summed E-state index contributed by atoms with van der Waals surface area (Å²) in [6.07, 6.45) is 4.21. The van der Waals surface area contributed by atoms with Gasteiger partial charge in [-0.25, -0.2) is 4.98 Å². The highest BCUT2D eigenvalue weighted by Crippen LogP contribution is 2.50. The van der Waals surface area contributed by atoms with Gasteiger partial charge in [0, 0.05) is 18.0 Å². The average Bonchev–Trinajstić information content (AvgIpc) is 2.82. The van der Waals surface area contributed by atoms with Crippen molar-refractivity contribution in [2.24, 2.45) is 11.3 Å². The Morgan fingerprint density at radius 1 is 1.50 bits per heavy atom. The van der Waals surface area contributed by atoms with Crippen LogP contribution in [0.5, 0.6) is 0 Å². The van der Waals surface area contributed by atoms with E-state index >= 15 is 0 Å². The first kappa shape index (κ1) is 12.1. The molecule has 1 aliphatic carbocycles. The Morgan fingerprint density at radius 3 is 2.75 bits per heavy atom. The molecule has 16 heavy (non-hydrogen) atoms. The lowest BCUT2D eigenvalue weighted by Gasteiger charge is -2.18. The van der Waals surface area contributed by atoms with Crippen molar-refractivity contribution in [1.82, 2.24) is 10.3 Å². The minimum absolute atomic E-state index is 0.632. The van der Waals surface area contributed by atoms with Crippen molar-refractivity contribution in [2.75, 3.05) is 6.54 Å². The van der Waals surface area contributed by atoms with Gasteiger partial charge in [-0.2, -0.15) is 0 Å². The third kappa shape index (κ3) is 3.05. The molecule has 0 atom stereocenters. The van der Waals surface area contributed by atoms with Crippen molar-refractivity contribution in [1.29, 1.82) is 0 Å². The molecule has 0 bridgehead atoms. The summed E-state index contributed by atoms with van der Waals surface area (Å²) < 4.78 is 0. The van der Waals surface area contributed by atoms with Crippen molar-refractivity contribution >= 4 is 11.3 Å². The van der Waals surface area contributed by atoms with Gasteiger partial charge < -0.3 is 5.32 Å². The van der Waals surface area contributed by atoms with Crippen molar-refractivity contribution in [3.8, 4) is 0 Å². The Labute approximate surface area is 102 Å². The molecule has 0 aromatic carbocycles. The molecule has 1 N–H and O–H groups in total. The van der Waals surface area contributed by atoms with Crippen LogP contribution >= 0.6 is 11.3 Å². The zero-order chi connectivity index (χ0) is 11.6. The maximum absolute atomic E-state index is 4.27. The molecule has 1 aromatic rings. The molecule has 2 rings (SSSR count). The summed E-state index contributed by atoms with van der Waals surface area (Å²) in [6.45, 7) is 8.92. The second-order valence-corrected chi connectivity index (χ2v) is 6.50. The molecule has 0 aliphatic heterocycles. The molecule has 0 radical (unpaired) electrons. The molecule has 1 fully saturated rings. The van der Waals surface area contributed by atoms with Crippen LogP contribution in [0.3, 0.4) is 0 Å². The predicted molar refractivity (Wildman–Crippen MR) is 69.7 cm³/mol. The van der Waals surface area contributed by atoms with Crippen molar-refractivity contribution in [3.63, 3.8) is 0 Å². The molecule has 2 nitrogen and oxygen atoms in total. The normalized spacial score (nSPS) is 18.0. The third-order valence-electron chi connectivity index (χ3n) is 3.43. The van der Waals surface area contributed by atoms with E-state index < -0.39 is 0 Å². The van der Waals surface area contributed by atoms with Gasteiger partial charge in [0.05, 0.1) is 11.2 Å². The molecular formula is C13H22N2S. The van der Waals surface area contributed by atoms with Crippen LogP contribution in [0.1, 0.15) is 43.7 Å². The molecule has 1 saturated carbocycles. The summed E-state index contributed by atoms with van der Waals surface area (Å²) in [5, 5.41) is 3.61. The summed E-state index contributed by atoms with van der Waals surface area (Å²) in [5.74, 6) is 0.828. The maximum Gasteiger partial charge on any atom is 0.0798 e. The van der Waals surface area contributed by atoms with Gasteiger partial charge >= 0.3 is 0 Å². The average molecular weight is 238 g/mol. The Morgan fingerprint density at radius 2 is 2.25 bits per heavy atom. The van der Waals surface area contributed by atoms with Crippen LogP contribution in [0.4, 0.5) is 0 Å². The molecule has 1 heterocycles. The number of thiazole rings is 1. The lowest BCUT2D eigenvalue weighted by Crippen LogP contribution is -2.24. The first-order valence-corrected chi connectivity index (χ1v) is 7.09. The fourth-order valence-corrected chi connectivity index (χ4v) is 3.18. The van der Waals surface area contributed by atoms with Crippen LogP contribution in [0, 0.1) is 18.3 Å². The molecule has 3 heteroatoms. The van der Waals surface area contributed by atoms with Gasteiger partial charge in [0.1, 0.15) is 0 Å². The minimum Gasteiger partial charge on any atom is -0.311 e. The molecule has 90 valence electrons. The van der Waals surface area contributed by atoms with Gasteiger partial charge in [0.25, 0.3) is 0 Å². The van der Waals surface area contributed by atoms with Gasteiger partial charge in [-0.1, -0.05) is 13.8 Å². The van der Waals surface area contributed by atoms with E-state index in [0.29, 0.717) is 5.41 Å². The summed E-state index contributed by atoms with van der Waals surface area (Å²) >= 11 is 1.76. The van der Waals surface area contributed by atoms with Gasteiger partial charge in [-0.15, -0.1) is 11.3 Å². The topological polar surface area (TPSA) is 24.9 Å². The molecule has 1 aromatic heterocycles. The zero-order valence-corrected chi connectivity index (χ0v) is 11.4. The number of nitrogens with one attached hydrogen (secondary N) is 1. The summed E-state index contributed by atoms with van der Waals surface area (Å²) in [4.78, 5) is 5.66. The second kappa shape index (κ2) is 4.84. The van der Waals surface area contributed by atoms with Crippen LogP contribution in [0.25, 0.3) is 0 Å². The van der Waals surface area contributed by atoms with E-state index in [9.17, 15) is 0 Å². The third-order valence-corrected chi connectivity index (χ3v) is 4.36. The molecule has 0 saturated heterocycles. The largest absolute Gasteiger partial charge is 0.311 e. The van der Waals surface area contributed by atoms with E-state index in [-0.39, 0.29) is 0 Å². The molecule has 1 aliphatic rings. The lowest BCUT2D eigenvalue weighted by molar-refractivity contribution is 0.367. The van der Waals surface area contributed by atoms with Crippen LogP contribution < -0.4 is 5.32 Å². The van der Waals surface area contributed by atoms with Crippen molar-refractivity contribution < 1.29 is 0 Å². The summed E-state index contributed by atoms with van der Waals surface area (Å²) in [7, 11) is 0. The predicted octanol–water partition coefficient (Wildman–Crippen LogP) is 3.37. The van der Waals surface area contributed by atoms with E-state index in [1.807, 2.05) is 5.51 Å². The number of aromatic nitrogens is 1. The van der Waals surface area contributed by atoms with Gasteiger partial charge in [-0.3, -0.25) is 0 Å². The van der Waals surface area contributed by atoms with Crippen LogP contribution in [-0.2, 0) is 6.54 Å². The summed E-state index contributed by atoms with van der Waals surface area (Å²) in [6, 6.07) is 0. The molecule has 0 unspecified atom stereocenters. The highest BCUT2D eigenvalue weighted by Gasteiger charge is 2.42.